The average molecular weight is 282 g/mol. The van der Waals surface area contributed by atoms with E-state index in [-0.39, 0.29) is 42.2 Å². The molecule has 1 aromatic rings. The maximum absolute atomic E-state index is 11.4. The second-order valence-corrected chi connectivity index (χ2v) is 3.42. The van der Waals surface area contributed by atoms with Crippen LogP contribution in [0.1, 0.15) is 12.5 Å². The van der Waals surface area contributed by atoms with Gasteiger partial charge in [-0.2, -0.15) is 0 Å². The zero-order valence-electron chi connectivity index (χ0n) is 9.43. The lowest BCUT2D eigenvalue weighted by Gasteiger charge is -2.09. The minimum absolute atomic E-state index is 0. The van der Waals surface area contributed by atoms with Crippen molar-refractivity contribution in [2.45, 2.75) is 13.5 Å². The molecule has 5 nitrogen and oxygen atoms in total. The first kappa shape index (κ1) is 18.3. The lowest BCUT2D eigenvalue weighted by Crippen LogP contribution is -2.32. The quantitative estimate of drug-likeness (QED) is 0.748. The van der Waals surface area contributed by atoms with Gasteiger partial charge in [-0.15, -0.1) is 24.8 Å². The predicted molar refractivity (Wildman–Crippen MR) is 71.6 cm³/mol. The summed E-state index contributed by atoms with van der Waals surface area (Å²) in [6.07, 6.45) is 1.58. The zero-order chi connectivity index (χ0) is 11.3. The van der Waals surface area contributed by atoms with Gasteiger partial charge in [0.05, 0.1) is 0 Å². The highest BCUT2D eigenvalue weighted by Gasteiger charge is 2.09. The Kier molecular flexibility index (Phi) is 9.74. The van der Waals surface area contributed by atoms with Gasteiger partial charge >= 0.3 is 0 Å². The van der Waals surface area contributed by atoms with E-state index in [4.69, 9.17) is 5.73 Å². The van der Waals surface area contributed by atoms with E-state index in [9.17, 15) is 9.59 Å². The Balaban J connectivity index is 0. The number of amides is 1. The third-order valence-electron chi connectivity index (χ3n) is 2.12. The summed E-state index contributed by atoms with van der Waals surface area (Å²) in [5.74, 6) is -0.267. The summed E-state index contributed by atoms with van der Waals surface area (Å²) in [5.41, 5.74) is 6.05. The number of hydrogen-bond donors (Lipinski definition) is 3. The normalized spacial score (nSPS) is 10.7. The fourth-order valence-electron chi connectivity index (χ4n) is 1.02. The smallest absolute Gasteiger partial charge is 0.247 e. The summed E-state index contributed by atoms with van der Waals surface area (Å²) in [6.45, 7) is 2.50. The van der Waals surface area contributed by atoms with Crippen LogP contribution in [0.3, 0.4) is 0 Å². The van der Waals surface area contributed by atoms with Crippen LogP contribution in [0.25, 0.3) is 0 Å². The highest BCUT2D eigenvalue weighted by Crippen LogP contribution is 1.95. The van der Waals surface area contributed by atoms with E-state index in [0.717, 1.165) is 5.56 Å². The highest BCUT2D eigenvalue weighted by atomic mass is 35.5. The number of aromatic nitrogens is 1. The van der Waals surface area contributed by atoms with Gasteiger partial charge in [-0.25, -0.2) is 0 Å². The Bertz CT molecular complexity index is 375. The van der Waals surface area contributed by atoms with Gasteiger partial charge in [-0.3, -0.25) is 9.59 Å². The molecule has 0 spiro atoms. The number of nitrogens with two attached hydrogens (primary N) is 1. The maximum Gasteiger partial charge on any atom is 0.247 e. The van der Waals surface area contributed by atoms with Crippen LogP contribution in [-0.4, -0.2) is 17.4 Å². The summed E-state index contributed by atoms with van der Waals surface area (Å²) in [7, 11) is 0. The molecule has 0 saturated carbocycles. The summed E-state index contributed by atoms with van der Waals surface area (Å²) in [4.78, 5) is 24.6. The van der Waals surface area contributed by atoms with E-state index in [2.05, 4.69) is 10.3 Å². The van der Waals surface area contributed by atoms with Gasteiger partial charge in [0.2, 0.25) is 11.5 Å². The number of rotatable bonds is 4. The minimum atomic E-state index is -0.187. The molecule has 0 aliphatic rings. The van der Waals surface area contributed by atoms with Crippen LogP contribution in [-0.2, 0) is 11.3 Å². The van der Waals surface area contributed by atoms with Crippen molar-refractivity contribution in [3.63, 3.8) is 0 Å². The third-order valence-corrected chi connectivity index (χ3v) is 2.12. The molecule has 17 heavy (non-hydrogen) atoms. The first-order valence-electron chi connectivity index (χ1n) is 4.79. The van der Waals surface area contributed by atoms with Crippen molar-refractivity contribution < 1.29 is 4.79 Å². The molecule has 4 N–H and O–H groups in total. The van der Waals surface area contributed by atoms with E-state index >= 15 is 0 Å². The molecule has 1 amide bonds. The second kappa shape index (κ2) is 9.04. The Labute approximate surface area is 112 Å². The molecule has 1 rings (SSSR count). The SMILES string of the molecule is CC(CN)C(=O)NCc1ccc(=O)[nH]c1.Cl.Cl. The Morgan fingerprint density at radius 1 is 1.47 bits per heavy atom. The van der Waals surface area contributed by atoms with Crippen LogP contribution in [0.4, 0.5) is 0 Å². The van der Waals surface area contributed by atoms with E-state index in [1.165, 1.54) is 6.07 Å². The van der Waals surface area contributed by atoms with Gasteiger partial charge in [0, 0.05) is 31.3 Å². The number of carbonyl (C=O) groups is 1. The maximum atomic E-state index is 11.4. The van der Waals surface area contributed by atoms with Crippen LogP contribution in [0.15, 0.2) is 23.1 Å². The molecule has 7 heteroatoms. The monoisotopic (exact) mass is 281 g/mol. The van der Waals surface area contributed by atoms with E-state index in [0.29, 0.717) is 13.1 Å². The van der Waals surface area contributed by atoms with Gasteiger partial charge in [-0.1, -0.05) is 13.0 Å². The largest absolute Gasteiger partial charge is 0.352 e. The molecular weight excluding hydrogens is 265 g/mol. The molecule has 1 heterocycles. The number of halogens is 2. The summed E-state index contributed by atoms with van der Waals surface area (Å²) >= 11 is 0. The number of aromatic amines is 1. The molecule has 1 aromatic heterocycles. The fourth-order valence-corrected chi connectivity index (χ4v) is 1.02. The van der Waals surface area contributed by atoms with Crippen molar-refractivity contribution in [1.29, 1.82) is 0 Å². The van der Waals surface area contributed by atoms with E-state index in [1.807, 2.05) is 0 Å². The van der Waals surface area contributed by atoms with E-state index in [1.54, 1.807) is 19.2 Å². The Morgan fingerprint density at radius 3 is 2.59 bits per heavy atom. The molecule has 0 radical (unpaired) electrons. The number of nitrogens with one attached hydrogen (secondary N) is 2. The molecule has 0 aliphatic heterocycles. The van der Waals surface area contributed by atoms with Crippen molar-refractivity contribution in [1.82, 2.24) is 10.3 Å². The standard InChI is InChI=1S/C10H15N3O2.2ClH/c1-7(4-11)10(15)13-6-8-2-3-9(14)12-5-8;;/h2-3,5,7H,4,6,11H2,1H3,(H,12,14)(H,13,15);2*1H. The number of carbonyl (C=O) groups excluding carboxylic acids is 1. The van der Waals surface area contributed by atoms with Gasteiger partial charge < -0.3 is 16.0 Å². The van der Waals surface area contributed by atoms with Crippen molar-refractivity contribution in [2.24, 2.45) is 11.7 Å². The predicted octanol–water partition coefficient (Wildman–Crippen LogP) is 0.430. The Hall–Kier alpha value is -1.04. The van der Waals surface area contributed by atoms with Crippen molar-refractivity contribution in [2.75, 3.05) is 6.54 Å². The van der Waals surface area contributed by atoms with Crippen molar-refractivity contribution in [3.05, 3.63) is 34.2 Å². The minimum Gasteiger partial charge on any atom is -0.352 e. The first-order chi connectivity index (χ1) is 7.13. The second-order valence-electron chi connectivity index (χ2n) is 3.42. The molecule has 0 aliphatic carbocycles. The van der Waals surface area contributed by atoms with Crippen molar-refractivity contribution in [3.8, 4) is 0 Å². The summed E-state index contributed by atoms with van der Waals surface area (Å²) in [6, 6.07) is 3.10. The Morgan fingerprint density at radius 2 is 2.12 bits per heavy atom. The average Bonchev–Trinajstić information content (AvgIpc) is 2.26. The number of hydrogen-bond acceptors (Lipinski definition) is 3. The third kappa shape index (κ3) is 6.31. The first-order valence-corrected chi connectivity index (χ1v) is 4.79. The summed E-state index contributed by atoms with van der Waals surface area (Å²) < 4.78 is 0. The molecular formula is C10H17Cl2N3O2. The van der Waals surface area contributed by atoms with Crippen molar-refractivity contribution >= 4 is 30.7 Å². The van der Waals surface area contributed by atoms with Gasteiger partial charge in [0.15, 0.2) is 0 Å². The number of pyridine rings is 1. The molecule has 98 valence electrons. The van der Waals surface area contributed by atoms with Crippen LogP contribution in [0, 0.1) is 5.92 Å². The molecule has 1 unspecified atom stereocenters. The molecule has 1 atom stereocenters. The van der Waals surface area contributed by atoms with Gasteiger partial charge in [0.25, 0.3) is 0 Å². The fraction of sp³-hybridized carbons (Fsp3) is 0.400. The molecule has 0 aromatic carbocycles. The molecule has 0 bridgehead atoms. The lowest BCUT2D eigenvalue weighted by atomic mass is 10.1. The van der Waals surface area contributed by atoms with Crippen LogP contribution < -0.4 is 16.6 Å². The van der Waals surface area contributed by atoms with Crippen LogP contribution in [0.2, 0.25) is 0 Å². The zero-order valence-corrected chi connectivity index (χ0v) is 11.1. The summed E-state index contributed by atoms with van der Waals surface area (Å²) in [5, 5.41) is 2.73. The lowest BCUT2D eigenvalue weighted by molar-refractivity contribution is -0.124. The van der Waals surface area contributed by atoms with Crippen LogP contribution >= 0.6 is 24.8 Å². The van der Waals surface area contributed by atoms with E-state index < -0.39 is 0 Å². The topological polar surface area (TPSA) is 88.0 Å². The van der Waals surface area contributed by atoms with Crippen LogP contribution in [0.5, 0.6) is 0 Å². The molecule has 0 fully saturated rings. The molecule has 0 saturated heterocycles. The number of H-pyrrole nitrogens is 1. The highest BCUT2D eigenvalue weighted by molar-refractivity contribution is 5.85. The van der Waals surface area contributed by atoms with Gasteiger partial charge in [-0.05, 0) is 5.56 Å². The van der Waals surface area contributed by atoms with Gasteiger partial charge in [0.1, 0.15) is 0 Å².